The number of halogens is 2. The number of hydrogen-bond donors (Lipinski definition) is 1. The molecule has 0 saturated heterocycles. The molecule has 4 nitrogen and oxygen atoms in total. The summed E-state index contributed by atoms with van der Waals surface area (Å²) in [6, 6.07) is 14.4. The second-order valence-corrected chi connectivity index (χ2v) is 8.58. The van der Waals surface area contributed by atoms with Gasteiger partial charge in [-0.25, -0.2) is 0 Å². The van der Waals surface area contributed by atoms with Crippen molar-refractivity contribution in [3.8, 4) is 11.5 Å². The zero-order chi connectivity index (χ0) is 20.6. The van der Waals surface area contributed by atoms with Crippen molar-refractivity contribution in [2.45, 2.75) is 31.8 Å². The third-order valence-corrected chi connectivity index (χ3v) is 5.80. The van der Waals surface area contributed by atoms with Crippen LogP contribution in [-0.4, -0.2) is 44.0 Å². The van der Waals surface area contributed by atoms with Gasteiger partial charge in [0.1, 0.15) is 24.2 Å². The Kier molecular flexibility index (Phi) is 9.34. The van der Waals surface area contributed by atoms with Crippen molar-refractivity contribution < 1.29 is 19.3 Å². The fourth-order valence-corrected chi connectivity index (χ4v) is 3.53. The Bertz CT molecular complexity index is 734. The van der Waals surface area contributed by atoms with Crippen molar-refractivity contribution in [1.29, 1.82) is 0 Å². The fraction of sp³-hybridized carbons (Fsp3) is 0.455. The average Bonchev–Trinajstić information content (AvgIpc) is 2.70. The summed E-state index contributed by atoms with van der Waals surface area (Å²) in [4.78, 5) is 0. The maximum Gasteiger partial charge on any atom is 0.132 e. The number of alkyl halides is 1. The van der Waals surface area contributed by atoms with Gasteiger partial charge in [0, 0.05) is 25.6 Å². The standard InChI is InChI=1S/C22H28ClIO4/c1-22(2,16-5-8-19(9-6-16)27-12-4-11-26-3)17-7-10-21(20(24)13-17)28-15-18(25)14-23/h5-10,13,18,25H,4,11-12,14-15H2,1-3H3/t18-/m0/s1. The molecular formula is C22H28ClIO4. The van der Waals surface area contributed by atoms with Crippen molar-refractivity contribution in [2.24, 2.45) is 0 Å². The zero-order valence-corrected chi connectivity index (χ0v) is 19.5. The second kappa shape index (κ2) is 11.2. The molecule has 2 aromatic carbocycles. The van der Waals surface area contributed by atoms with Crippen LogP contribution in [0.2, 0.25) is 0 Å². The molecule has 2 rings (SSSR count). The van der Waals surface area contributed by atoms with Gasteiger partial charge in [-0.15, -0.1) is 11.6 Å². The molecule has 0 amide bonds. The van der Waals surface area contributed by atoms with Gasteiger partial charge in [-0.1, -0.05) is 32.0 Å². The highest BCUT2D eigenvalue weighted by atomic mass is 127. The minimum Gasteiger partial charge on any atom is -0.494 e. The zero-order valence-electron chi connectivity index (χ0n) is 16.6. The Labute approximate surface area is 186 Å². The van der Waals surface area contributed by atoms with Gasteiger partial charge in [-0.2, -0.15) is 0 Å². The number of ether oxygens (including phenoxy) is 3. The van der Waals surface area contributed by atoms with E-state index in [0.29, 0.717) is 13.2 Å². The highest BCUT2D eigenvalue weighted by Gasteiger charge is 2.24. The SMILES string of the molecule is COCCCOc1ccc(C(C)(C)c2ccc(OC[C@@H](O)CCl)c(I)c2)cc1. The molecule has 0 unspecified atom stereocenters. The molecule has 28 heavy (non-hydrogen) atoms. The van der Waals surface area contributed by atoms with Gasteiger partial charge in [-0.05, 0) is 58.0 Å². The molecule has 0 aliphatic heterocycles. The highest BCUT2D eigenvalue weighted by Crippen LogP contribution is 2.35. The summed E-state index contributed by atoms with van der Waals surface area (Å²) in [7, 11) is 1.69. The lowest BCUT2D eigenvalue weighted by atomic mass is 9.78. The second-order valence-electron chi connectivity index (χ2n) is 7.11. The minimum absolute atomic E-state index is 0.161. The van der Waals surface area contributed by atoms with Gasteiger partial charge in [0.2, 0.25) is 0 Å². The first kappa shape index (κ1) is 23.3. The predicted octanol–water partition coefficient (Wildman–Crippen LogP) is 5.01. The molecule has 0 aliphatic carbocycles. The normalized spacial score (nSPS) is 12.6. The first-order valence-electron chi connectivity index (χ1n) is 9.27. The average molecular weight is 519 g/mol. The van der Waals surface area contributed by atoms with Gasteiger partial charge < -0.3 is 19.3 Å². The first-order chi connectivity index (χ1) is 13.4. The summed E-state index contributed by atoms with van der Waals surface area (Å²) in [6.45, 7) is 5.94. The maximum absolute atomic E-state index is 9.57. The van der Waals surface area contributed by atoms with E-state index in [0.717, 1.165) is 21.5 Å². The maximum atomic E-state index is 9.57. The summed E-state index contributed by atoms with van der Waals surface area (Å²) in [5.74, 6) is 1.78. The molecule has 0 bridgehead atoms. The molecule has 0 aliphatic rings. The third kappa shape index (κ3) is 6.51. The van der Waals surface area contributed by atoms with E-state index in [9.17, 15) is 5.11 Å². The Morgan fingerprint density at radius 2 is 1.71 bits per heavy atom. The summed E-state index contributed by atoms with van der Waals surface area (Å²) in [6.07, 6.45) is 0.210. The number of hydrogen-bond acceptors (Lipinski definition) is 4. The van der Waals surface area contributed by atoms with Crippen LogP contribution < -0.4 is 9.47 Å². The molecule has 6 heteroatoms. The van der Waals surface area contributed by atoms with E-state index in [4.69, 9.17) is 25.8 Å². The molecule has 0 spiro atoms. The Morgan fingerprint density at radius 3 is 2.32 bits per heavy atom. The molecule has 0 radical (unpaired) electrons. The number of rotatable bonds is 11. The van der Waals surface area contributed by atoms with Gasteiger partial charge in [0.15, 0.2) is 0 Å². The van der Waals surface area contributed by atoms with E-state index in [1.165, 1.54) is 11.1 Å². The van der Waals surface area contributed by atoms with Crippen molar-refractivity contribution in [1.82, 2.24) is 0 Å². The number of methoxy groups -OCH3 is 1. The van der Waals surface area contributed by atoms with Crippen LogP contribution in [-0.2, 0) is 10.2 Å². The van der Waals surface area contributed by atoms with E-state index in [1.54, 1.807) is 7.11 Å². The van der Waals surface area contributed by atoms with Crippen LogP contribution in [0.15, 0.2) is 42.5 Å². The van der Waals surface area contributed by atoms with Crippen LogP contribution >= 0.6 is 34.2 Å². The number of aliphatic hydroxyl groups is 1. The molecule has 154 valence electrons. The molecule has 1 N–H and O–H groups in total. The van der Waals surface area contributed by atoms with Crippen LogP contribution in [0.1, 0.15) is 31.4 Å². The lowest BCUT2D eigenvalue weighted by Gasteiger charge is -2.27. The highest BCUT2D eigenvalue weighted by molar-refractivity contribution is 14.1. The van der Waals surface area contributed by atoms with Gasteiger partial charge in [0.25, 0.3) is 0 Å². The van der Waals surface area contributed by atoms with E-state index < -0.39 is 6.10 Å². The molecule has 1 atom stereocenters. The Balaban J connectivity index is 2.07. The van der Waals surface area contributed by atoms with Gasteiger partial charge in [-0.3, -0.25) is 0 Å². The van der Waals surface area contributed by atoms with E-state index in [1.807, 2.05) is 18.2 Å². The smallest absolute Gasteiger partial charge is 0.132 e. The van der Waals surface area contributed by atoms with Crippen molar-refractivity contribution in [3.05, 3.63) is 57.2 Å². The van der Waals surface area contributed by atoms with Crippen molar-refractivity contribution in [2.75, 3.05) is 32.8 Å². The minimum atomic E-state index is -0.663. The lowest BCUT2D eigenvalue weighted by molar-refractivity contribution is 0.125. The van der Waals surface area contributed by atoms with Crippen LogP contribution in [0.4, 0.5) is 0 Å². The van der Waals surface area contributed by atoms with Crippen LogP contribution in [0.5, 0.6) is 11.5 Å². The fourth-order valence-electron chi connectivity index (χ4n) is 2.76. The molecule has 0 saturated carbocycles. The largest absolute Gasteiger partial charge is 0.494 e. The van der Waals surface area contributed by atoms with Crippen molar-refractivity contribution in [3.63, 3.8) is 0 Å². The third-order valence-electron chi connectivity index (χ3n) is 4.60. The van der Waals surface area contributed by atoms with Gasteiger partial charge >= 0.3 is 0 Å². The number of aliphatic hydroxyl groups excluding tert-OH is 1. The van der Waals surface area contributed by atoms with Crippen molar-refractivity contribution >= 4 is 34.2 Å². The summed E-state index contributed by atoms with van der Waals surface area (Å²) < 4.78 is 17.4. The molecule has 2 aromatic rings. The van der Waals surface area contributed by atoms with E-state index in [2.05, 4.69) is 60.7 Å². The van der Waals surface area contributed by atoms with Crippen LogP contribution in [0, 0.1) is 3.57 Å². The van der Waals surface area contributed by atoms with Crippen LogP contribution in [0.25, 0.3) is 0 Å². The molecule has 0 fully saturated rings. The Morgan fingerprint density at radius 1 is 1.04 bits per heavy atom. The van der Waals surface area contributed by atoms with E-state index in [-0.39, 0.29) is 17.9 Å². The van der Waals surface area contributed by atoms with Gasteiger partial charge in [0.05, 0.1) is 16.1 Å². The molecule has 0 aromatic heterocycles. The van der Waals surface area contributed by atoms with E-state index >= 15 is 0 Å². The lowest BCUT2D eigenvalue weighted by Crippen LogP contribution is -2.20. The monoisotopic (exact) mass is 518 g/mol. The summed E-state index contributed by atoms with van der Waals surface area (Å²) >= 11 is 7.88. The van der Waals surface area contributed by atoms with Crippen LogP contribution in [0.3, 0.4) is 0 Å². The predicted molar refractivity (Wildman–Crippen MR) is 122 cm³/mol. The first-order valence-corrected chi connectivity index (χ1v) is 10.9. The summed E-state index contributed by atoms with van der Waals surface area (Å²) in [5, 5.41) is 9.57. The molecular weight excluding hydrogens is 491 g/mol. The Hall–Kier alpha value is -1.02. The molecule has 0 heterocycles. The summed E-state index contributed by atoms with van der Waals surface area (Å²) in [5.41, 5.74) is 2.23. The topological polar surface area (TPSA) is 47.9 Å². The number of benzene rings is 2. The quantitative estimate of drug-likeness (QED) is 0.258.